The summed E-state index contributed by atoms with van der Waals surface area (Å²) in [4.78, 5) is 42.8. The Balaban J connectivity index is 2.15. The van der Waals surface area contributed by atoms with Crippen LogP contribution in [0.4, 0.5) is 9.59 Å². The first-order chi connectivity index (χ1) is 22.4. The maximum Gasteiger partial charge on any atom is 0.414 e. The molecular formula is C36H55N5O7. The third-order valence-corrected chi connectivity index (χ3v) is 7.33. The number of aliphatic hydroxyl groups excluding tert-OH is 1. The molecule has 0 saturated carbocycles. The van der Waals surface area contributed by atoms with E-state index in [1.54, 1.807) is 48.7 Å². The van der Waals surface area contributed by atoms with Crippen LogP contribution in [0.5, 0.6) is 5.75 Å². The van der Waals surface area contributed by atoms with Gasteiger partial charge in [0, 0.05) is 13.1 Å². The van der Waals surface area contributed by atoms with Gasteiger partial charge in [0.1, 0.15) is 17.0 Å². The first-order valence-corrected chi connectivity index (χ1v) is 16.3. The fourth-order valence-electron chi connectivity index (χ4n) is 4.81. The van der Waals surface area contributed by atoms with Crippen molar-refractivity contribution in [2.75, 3.05) is 20.2 Å². The third kappa shape index (κ3) is 14.2. The summed E-state index contributed by atoms with van der Waals surface area (Å²) in [6, 6.07) is 10.7. The van der Waals surface area contributed by atoms with Gasteiger partial charge in [0.05, 0.1) is 19.7 Å². The molecule has 0 fully saturated rings. The number of aliphatic imine (C=N–C) groups is 1. The van der Waals surface area contributed by atoms with Gasteiger partial charge in [-0.05, 0) is 115 Å². The Bertz CT molecular complexity index is 1400. The highest BCUT2D eigenvalue weighted by Crippen LogP contribution is 2.28. The number of nitrogens with zero attached hydrogens (tertiary/aromatic N) is 1. The molecule has 0 aliphatic heterocycles. The van der Waals surface area contributed by atoms with Gasteiger partial charge in [-0.3, -0.25) is 10.1 Å². The lowest BCUT2D eigenvalue weighted by Crippen LogP contribution is -2.52. The van der Waals surface area contributed by atoms with Crippen molar-refractivity contribution < 1.29 is 33.7 Å². The van der Waals surface area contributed by atoms with Crippen LogP contribution < -0.4 is 26.0 Å². The smallest absolute Gasteiger partial charge is 0.414 e. The van der Waals surface area contributed by atoms with Crippen molar-refractivity contribution in [2.45, 2.75) is 111 Å². The summed E-state index contributed by atoms with van der Waals surface area (Å²) < 4.78 is 16.3. The Labute approximate surface area is 285 Å². The summed E-state index contributed by atoms with van der Waals surface area (Å²) in [5.41, 5.74) is 3.62. The van der Waals surface area contributed by atoms with E-state index in [4.69, 9.17) is 14.2 Å². The Kier molecular flexibility index (Phi) is 15.2. The zero-order chi connectivity index (χ0) is 36.1. The Morgan fingerprint density at radius 2 is 1.50 bits per heavy atom. The number of hydrogen-bond donors (Lipinski definition) is 5. The van der Waals surface area contributed by atoms with Crippen molar-refractivity contribution in [2.24, 2.45) is 4.99 Å². The van der Waals surface area contributed by atoms with Crippen molar-refractivity contribution >= 4 is 24.1 Å². The highest BCUT2D eigenvalue weighted by molar-refractivity contribution is 5.94. The molecule has 0 saturated heterocycles. The molecule has 5 N–H and O–H groups in total. The number of aryl methyl sites for hydroxylation is 1. The molecule has 3 amide bonds. The number of ether oxygens (including phenoxy) is 3. The van der Waals surface area contributed by atoms with Crippen LogP contribution in [0.1, 0.15) is 82.2 Å². The normalized spacial score (nSPS) is 13.2. The van der Waals surface area contributed by atoms with Crippen molar-refractivity contribution in [1.82, 2.24) is 21.3 Å². The number of aliphatic hydroxyl groups is 1. The predicted octanol–water partition coefficient (Wildman–Crippen LogP) is 4.98. The van der Waals surface area contributed by atoms with Gasteiger partial charge in [0.15, 0.2) is 6.10 Å². The third-order valence-electron chi connectivity index (χ3n) is 7.33. The largest absolute Gasteiger partial charge is 0.496 e. The number of benzene rings is 2. The molecule has 2 aromatic rings. The molecule has 0 bridgehead atoms. The van der Waals surface area contributed by atoms with E-state index in [2.05, 4.69) is 26.3 Å². The van der Waals surface area contributed by atoms with E-state index >= 15 is 0 Å². The lowest BCUT2D eigenvalue weighted by Gasteiger charge is -2.26. The second-order valence-electron chi connectivity index (χ2n) is 13.7. The van der Waals surface area contributed by atoms with Gasteiger partial charge in [-0.1, -0.05) is 30.3 Å². The summed E-state index contributed by atoms with van der Waals surface area (Å²) in [5.74, 6) is 0.395. The number of carbonyl (C=O) groups excluding carboxylic acids is 3. The van der Waals surface area contributed by atoms with Crippen LogP contribution in [0.3, 0.4) is 0 Å². The van der Waals surface area contributed by atoms with Gasteiger partial charge in [-0.25, -0.2) is 14.6 Å². The van der Waals surface area contributed by atoms with E-state index < -0.39 is 41.4 Å². The molecule has 0 heterocycles. The molecule has 0 spiro atoms. The Hall–Kier alpha value is -4.32. The second-order valence-corrected chi connectivity index (χ2v) is 13.7. The molecule has 12 heteroatoms. The highest BCUT2D eigenvalue weighted by Gasteiger charge is 2.29. The molecule has 12 nitrogen and oxygen atoms in total. The van der Waals surface area contributed by atoms with E-state index in [1.807, 2.05) is 57.2 Å². The van der Waals surface area contributed by atoms with Gasteiger partial charge >= 0.3 is 12.2 Å². The van der Waals surface area contributed by atoms with Crippen LogP contribution in [-0.2, 0) is 27.2 Å². The fourth-order valence-corrected chi connectivity index (χ4v) is 4.81. The minimum absolute atomic E-state index is 0.201. The van der Waals surface area contributed by atoms with Crippen LogP contribution in [0.2, 0.25) is 0 Å². The molecule has 266 valence electrons. The maximum atomic E-state index is 12.9. The Morgan fingerprint density at radius 3 is 2.10 bits per heavy atom. The minimum atomic E-state index is -1.52. The van der Waals surface area contributed by atoms with Crippen LogP contribution in [0.15, 0.2) is 41.4 Å². The molecule has 2 aromatic carbocycles. The zero-order valence-electron chi connectivity index (χ0n) is 30.2. The predicted molar refractivity (Wildman–Crippen MR) is 187 cm³/mol. The Morgan fingerprint density at radius 1 is 0.875 bits per heavy atom. The number of methoxy groups -OCH3 is 1. The summed E-state index contributed by atoms with van der Waals surface area (Å²) in [6.07, 6.45) is -1.73. The van der Waals surface area contributed by atoms with E-state index in [0.717, 1.165) is 33.6 Å². The van der Waals surface area contributed by atoms with Gasteiger partial charge in [-0.2, -0.15) is 0 Å². The van der Waals surface area contributed by atoms with Crippen molar-refractivity contribution in [3.05, 3.63) is 64.2 Å². The molecule has 0 aliphatic carbocycles. The van der Waals surface area contributed by atoms with Crippen molar-refractivity contribution in [1.29, 1.82) is 0 Å². The molecule has 0 radical (unpaired) electrons. The quantitative estimate of drug-likeness (QED) is 0.113. The van der Waals surface area contributed by atoms with Crippen molar-refractivity contribution in [3.63, 3.8) is 0 Å². The summed E-state index contributed by atoms with van der Waals surface area (Å²) in [7, 11) is 1.64. The van der Waals surface area contributed by atoms with E-state index in [0.29, 0.717) is 25.9 Å². The van der Waals surface area contributed by atoms with Gasteiger partial charge in [-0.15, -0.1) is 0 Å². The summed E-state index contributed by atoms with van der Waals surface area (Å²) in [6.45, 7) is 17.4. The first kappa shape index (κ1) is 39.9. The average Bonchev–Trinajstić information content (AvgIpc) is 2.98. The van der Waals surface area contributed by atoms with Gasteiger partial charge < -0.3 is 35.3 Å². The number of rotatable bonds is 13. The summed E-state index contributed by atoms with van der Waals surface area (Å²) >= 11 is 0. The standard InChI is InChI=1S/C36H55N5O7/c1-23-21-29(46-10)25(3)24(2)27(23)22-39-32(41-34(45)48-36(7,8)9)38-19-14-17-28(40-33(44)47-35(4,5)6)30(42)31(43)37-20-18-26-15-12-11-13-16-26/h11-13,15-16,21,28,30,42H,14,17-20,22H2,1-10H3,(H,37,43)(H,40,44)(H2,38,39,41,45)/t28-,30?/m0/s1. The number of amides is 3. The molecule has 2 atom stereocenters. The number of alkyl carbamates (subject to hydrolysis) is 2. The minimum Gasteiger partial charge on any atom is -0.496 e. The summed E-state index contributed by atoms with van der Waals surface area (Å²) in [5, 5.41) is 22.2. The SMILES string of the molecule is COc1cc(C)c(CN=C(NCCC[C@H](NC(=O)OC(C)(C)C)C(O)C(=O)NCCc2ccccc2)NC(=O)OC(C)(C)C)c(C)c1C. The number of nitrogens with one attached hydrogen (secondary N) is 4. The number of carbonyl (C=O) groups is 3. The number of hydrogen-bond acceptors (Lipinski definition) is 8. The van der Waals surface area contributed by atoms with Crippen LogP contribution >= 0.6 is 0 Å². The molecular weight excluding hydrogens is 614 g/mol. The van der Waals surface area contributed by atoms with Crippen molar-refractivity contribution in [3.8, 4) is 5.75 Å². The second kappa shape index (κ2) is 18.3. The lowest BCUT2D eigenvalue weighted by atomic mass is 9.97. The maximum absolute atomic E-state index is 12.9. The van der Waals surface area contributed by atoms with Crippen LogP contribution in [-0.4, -0.2) is 72.7 Å². The lowest BCUT2D eigenvalue weighted by molar-refractivity contribution is -0.130. The molecule has 2 rings (SSSR count). The van der Waals surface area contributed by atoms with E-state index in [1.165, 1.54) is 0 Å². The van der Waals surface area contributed by atoms with Crippen LogP contribution in [0, 0.1) is 20.8 Å². The van der Waals surface area contributed by atoms with Gasteiger partial charge in [0.2, 0.25) is 5.96 Å². The fraction of sp³-hybridized carbons (Fsp3) is 0.556. The number of guanidine groups is 1. The van der Waals surface area contributed by atoms with E-state index in [-0.39, 0.29) is 18.9 Å². The van der Waals surface area contributed by atoms with Gasteiger partial charge in [0.25, 0.3) is 5.91 Å². The van der Waals surface area contributed by atoms with Crippen LogP contribution in [0.25, 0.3) is 0 Å². The highest BCUT2D eigenvalue weighted by atomic mass is 16.6. The molecule has 0 aromatic heterocycles. The topological polar surface area (TPSA) is 160 Å². The van der Waals surface area contributed by atoms with E-state index in [9.17, 15) is 19.5 Å². The molecule has 1 unspecified atom stereocenters. The first-order valence-electron chi connectivity index (χ1n) is 16.3. The zero-order valence-corrected chi connectivity index (χ0v) is 30.2. The molecule has 0 aliphatic rings. The monoisotopic (exact) mass is 669 g/mol. The average molecular weight is 670 g/mol. The molecule has 48 heavy (non-hydrogen) atoms.